The van der Waals surface area contributed by atoms with Gasteiger partial charge in [0.2, 0.25) is 0 Å². The van der Waals surface area contributed by atoms with Gasteiger partial charge in [-0.1, -0.05) is 18.2 Å². The predicted octanol–water partition coefficient (Wildman–Crippen LogP) is 6.40. The first-order valence-electron chi connectivity index (χ1n) is 12.6. The van der Waals surface area contributed by atoms with Crippen molar-refractivity contribution in [1.29, 1.82) is 0 Å². The first-order valence-corrected chi connectivity index (χ1v) is 12.6. The normalized spacial score (nSPS) is 15.6. The van der Waals surface area contributed by atoms with Crippen molar-refractivity contribution in [2.45, 2.75) is 64.5 Å². The number of alkyl carbamates (subject to hydrolysis) is 1. The number of nitrogens with one attached hydrogen (secondary N) is 2. The monoisotopic (exact) mass is 516 g/mol. The van der Waals surface area contributed by atoms with Gasteiger partial charge in [0, 0.05) is 29.9 Å². The zero-order valence-electron chi connectivity index (χ0n) is 21.8. The van der Waals surface area contributed by atoms with Crippen LogP contribution in [-0.4, -0.2) is 53.5 Å². The van der Waals surface area contributed by atoms with E-state index in [0.29, 0.717) is 5.52 Å². The van der Waals surface area contributed by atoms with E-state index in [1.807, 2.05) is 30.3 Å². The minimum absolute atomic E-state index is 0.255. The van der Waals surface area contributed by atoms with E-state index in [1.165, 1.54) is 10.8 Å². The Hall–Kier alpha value is -3.20. The Morgan fingerprint density at radius 3 is 2.46 bits per heavy atom. The molecule has 200 valence electrons. The van der Waals surface area contributed by atoms with Crippen LogP contribution >= 0.6 is 0 Å². The summed E-state index contributed by atoms with van der Waals surface area (Å²) in [6.45, 7) is 6.58. The Bertz CT molecular complexity index is 1240. The third-order valence-corrected chi connectivity index (χ3v) is 6.41. The van der Waals surface area contributed by atoms with E-state index in [2.05, 4.69) is 22.6 Å². The lowest BCUT2D eigenvalue weighted by atomic mass is 9.99. The molecule has 0 atom stereocenters. The molecule has 37 heavy (non-hydrogen) atoms. The van der Waals surface area contributed by atoms with E-state index >= 15 is 0 Å². The molecule has 0 saturated carbocycles. The molecule has 1 fully saturated rings. The Morgan fingerprint density at radius 2 is 1.78 bits per heavy atom. The van der Waals surface area contributed by atoms with Crippen LogP contribution in [0.2, 0.25) is 0 Å². The van der Waals surface area contributed by atoms with Crippen LogP contribution in [0.25, 0.3) is 22.0 Å². The van der Waals surface area contributed by atoms with Crippen LogP contribution in [0, 0.1) is 0 Å². The van der Waals surface area contributed by atoms with Crippen LogP contribution in [-0.2, 0) is 17.8 Å². The number of hydrogen-bond acceptors (Lipinski definition) is 4. The van der Waals surface area contributed by atoms with Gasteiger partial charge in [-0.15, -0.1) is 0 Å². The number of amides is 1. The number of hydrogen-bond donors (Lipinski definition) is 2. The van der Waals surface area contributed by atoms with Crippen molar-refractivity contribution in [3.8, 4) is 11.1 Å². The van der Waals surface area contributed by atoms with Crippen molar-refractivity contribution in [1.82, 2.24) is 14.8 Å². The van der Waals surface area contributed by atoms with Gasteiger partial charge in [-0.2, -0.15) is 13.2 Å². The van der Waals surface area contributed by atoms with Crippen molar-refractivity contribution in [3.05, 3.63) is 54.2 Å². The van der Waals surface area contributed by atoms with E-state index in [0.717, 1.165) is 53.7 Å². The maximum Gasteiger partial charge on any atom is 0.407 e. The van der Waals surface area contributed by atoms with Crippen molar-refractivity contribution < 1.29 is 22.7 Å². The number of likely N-dealkylation sites (tertiary alicyclic amines) is 1. The Kier molecular flexibility index (Phi) is 7.73. The second-order valence-electron chi connectivity index (χ2n) is 10.8. The molecule has 1 aliphatic rings. The lowest BCUT2D eigenvalue weighted by molar-refractivity contribution is -0.139. The molecule has 0 radical (unpaired) electrons. The third-order valence-electron chi connectivity index (χ3n) is 6.41. The summed E-state index contributed by atoms with van der Waals surface area (Å²) in [4.78, 5) is 14.3. The number of alkyl halides is 3. The molecule has 4 rings (SSSR count). The summed E-state index contributed by atoms with van der Waals surface area (Å²) in [5.74, 6) is 0. The molecule has 1 aliphatic heterocycles. The fourth-order valence-corrected chi connectivity index (χ4v) is 4.63. The zero-order valence-corrected chi connectivity index (χ0v) is 21.8. The van der Waals surface area contributed by atoms with E-state index in [-0.39, 0.29) is 12.6 Å². The van der Waals surface area contributed by atoms with Crippen LogP contribution in [0.15, 0.2) is 48.7 Å². The van der Waals surface area contributed by atoms with Gasteiger partial charge in [-0.05, 0) is 94.7 Å². The molecular weight excluding hydrogens is 481 g/mol. The molecule has 3 aromatic rings. The summed E-state index contributed by atoms with van der Waals surface area (Å²) in [6, 6.07) is 13.5. The highest BCUT2D eigenvalue weighted by molar-refractivity contribution is 5.96. The summed E-state index contributed by atoms with van der Waals surface area (Å²) < 4.78 is 46.5. The van der Waals surface area contributed by atoms with E-state index in [4.69, 9.17) is 4.74 Å². The van der Waals surface area contributed by atoms with Crippen molar-refractivity contribution in [2.24, 2.45) is 0 Å². The van der Waals surface area contributed by atoms with Crippen LogP contribution in [0.4, 0.5) is 23.7 Å². The molecule has 1 saturated heterocycles. The number of ether oxygens (including phenoxy) is 1. The third kappa shape index (κ3) is 7.41. The quantitative estimate of drug-likeness (QED) is 0.398. The maximum atomic E-state index is 13.3. The Labute approximate surface area is 215 Å². The topological polar surface area (TPSA) is 58.5 Å². The van der Waals surface area contributed by atoms with E-state index < -0.39 is 24.4 Å². The smallest absolute Gasteiger partial charge is 0.407 e. The lowest BCUT2D eigenvalue weighted by Gasteiger charge is -2.30. The highest BCUT2D eigenvalue weighted by Crippen LogP contribution is 2.34. The summed E-state index contributed by atoms with van der Waals surface area (Å²) in [5, 5.41) is 7.14. The molecule has 0 bridgehead atoms. The summed E-state index contributed by atoms with van der Waals surface area (Å²) >= 11 is 0. The second-order valence-corrected chi connectivity index (χ2v) is 10.8. The summed E-state index contributed by atoms with van der Waals surface area (Å²) in [7, 11) is 2.09. The van der Waals surface area contributed by atoms with Crippen molar-refractivity contribution >= 4 is 22.7 Å². The molecule has 2 N–H and O–H groups in total. The molecular formula is C28H35F3N4O2. The van der Waals surface area contributed by atoms with Gasteiger partial charge in [-0.3, -0.25) is 0 Å². The number of carbonyl (C=O) groups excluding carboxylic acids is 1. The number of fused-ring (bicyclic) bond motifs is 1. The number of halogens is 3. The second kappa shape index (κ2) is 10.7. The molecule has 0 unspecified atom stereocenters. The van der Waals surface area contributed by atoms with Gasteiger partial charge in [0.1, 0.15) is 12.1 Å². The van der Waals surface area contributed by atoms with Crippen LogP contribution in [0.1, 0.15) is 39.2 Å². The van der Waals surface area contributed by atoms with Gasteiger partial charge in [0.05, 0.1) is 5.52 Å². The van der Waals surface area contributed by atoms with Gasteiger partial charge in [0.15, 0.2) is 0 Å². The van der Waals surface area contributed by atoms with E-state index in [9.17, 15) is 18.0 Å². The van der Waals surface area contributed by atoms with Crippen molar-refractivity contribution in [2.75, 3.05) is 25.5 Å². The van der Waals surface area contributed by atoms with Gasteiger partial charge in [0.25, 0.3) is 0 Å². The minimum atomic E-state index is -4.32. The van der Waals surface area contributed by atoms with Crippen LogP contribution < -0.4 is 10.6 Å². The molecule has 2 heterocycles. The fraction of sp³-hybridized carbons (Fsp3) is 0.464. The van der Waals surface area contributed by atoms with Gasteiger partial charge >= 0.3 is 12.3 Å². The van der Waals surface area contributed by atoms with Crippen LogP contribution in [0.3, 0.4) is 0 Å². The summed E-state index contributed by atoms with van der Waals surface area (Å²) in [5.41, 5.74) is 3.30. The standard InChI is InChI=1S/C28H35F3N4O2/c1-27(2,3)37-26(36)32-17-19-6-5-7-20(14-19)21-15-24(33-22-8-11-34(4)12-9-22)23-10-13-35(25(23)16-21)18-28(29,30)31/h5-7,10,13-16,22,33H,8-9,11-12,17-18H2,1-4H3,(H,32,36). The average molecular weight is 517 g/mol. The maximum absolute atomic E-state index is 13.3. The average Bonchev–Trinajstić information content (AvgIpc) is 3.19. The van der Waals surface area contributed by atoms with Gasteiger partial charge < -0.3 is 24.8 Å². The highest BCUT2D eigenvalue weighted by Gasteiger charge is 2.29. The number of aromatic nitrogens is 1. The molecule has 0 aliphatic carbocycles. The van der Waals surface area contributed by atoms with Crippen molar-refractivity contribution in [3.63, 3.8) is 0 Å². The molecule has 6 nitrogen and oxygen atoms in total. The van der Waals surface area contributed by atoms with Crippen LogP contribution in [0.5, 0.6) is 0 Å². The molecule has 2 aromatic carbocycles. The largest absolute Gasteiger partial charge is 0.444 e. The first kappa shape index (κ1) is 26.9. The molecule has 0 spiro atoms. The Morgan fingerprint density at radius 1 is 1.05 bits per heavy atom. The lowest BCUT2D eigenvalue weighted by Crippen LogP contribution is -2.36. The van der Waals surface area contributed by atoms with E-state index in [1.54, 1.807) is 32.9 Å². The zero-order chi connectivity index (χ0) is 26.8. The van der Waals surface area contributed by atoms with Gasteiger partial charge in [-0.25, -0.2) is 4.79 Å². The minimum Gasteiger partial charge on any atom is -0.444 e. The number of rotatable bonds is 6. The predicted molar refractivity (Wildman–Crippen MR) is 141 cm³/mol. The molecule has 1 amide bonds. The number of carbonyl (C=O) groups is 1. The number of benzene rings is 2. The SMILES string of the molecule is CN1CCC(Nc2cc(-c3cccc(CNC(=O)OC(C)(C)C)c3)cc3c2ccn3CC(F)(F)F)CC1. The highest BCUT2D eigenvalue weighted by atomic mass is 19.4. The number of anilines is 1. The fourth-order valence-electron chi connectivity index (χ4n) is 4.63. The Balaban J connectivity index is 1.65. The molecule has 1 aromatic heterocycles. The number of piperidine rings is 1. The summed E-state index contributed by atoms with van der Waals surface area (Å²) in [6.07, 6.45) is -1.39. The number of nitrogens with zero attached hydrogens (tertiary/aromatic N) is 2. The molecule has 9 heteroatoms. The first-order chi connectivity index (χ1) is 17.4.